The van der Waals surface area contributed by atoms with Crippen LogP contribution in [0.4, 0.5) is 15.9 Å². The highest BCUT2D eigenvalue weighted by molar-refractivity contribution is 6.33. The van der Waals surface area contributed by atoms with E-state index in [0.717, 1.165) is 18.4 Å². The Kier molecular flexibility index (Phi) is 9.63. The van der Waals surface area contributed by atoms with Gasteiger partial charge in [0, 0.05) is 26.2 Å². The number of halogens is 2. The van der Waals surface area contributed by atoms with Gasteiger partial charge >= 0.3 is 0 Å². The first-order valence-electron chi connectivity index (χ1n) is 13.7. The number of phenolic OH excluding ortho intramolecular Hbond substituents is 1. The molecule has 2 aromatic carbocycles. The fourth-order valence-electron chi connectivity index (χ4n) is 5.12. The quantitative estimate of drug-likeness (QED) is 0.110. The van der Waals surface area contributed by atoms with Crippen LogP contribution >= 0.6 is 11.6 Å². The number of phenols is 1. The lowest BCUT2D eigenvalue weighted by Gasteiger charge is -2.34. The number of aromatic hydroxyl groups is 1. The van der Waals surface area contributed by atoms with Gasteiger partial charge in [-0.05, 0) is 61.4 Å². The Morgan fingerprint density at radius 2 is 2.00 bits per heavy atom. The van der Waals surface area contributed by atoms with Gasteiger partial charge in [-0.25, -0.2) is 9.37 Å². The maximum absolute atomic E-state index is 15.1. The van der Waals surface area contributed by atoms with E-state index in [1.54, 1.807) is 19.2 Å². The van der Waals surface area contributed by atoms with Crippen molar-refractivity contribution in [2.24, 2.45) is 4.99 Å². The van der Waals surface area contributed by atoms with E-state index in [0.29, 0.717) is 49.4 Å². The molecule has 2 N–H and O–H groups in total. The van der Waals surface area contributed by atoms with Crippen molar-refractivity contribution in [2.75, 3.05) is 25.0 Å². The highest BCUT2D eigenvalue weighted by Crippen LogP contribution is 2.51. The molecule has 220 valence electrons. The van der Waals surface area contributed by atoms with E-state index in [4.69, 9.17) is 16.6 Å². The molecule has 1 unspecified atom stereocenters. The lowest BCUT2D eigenvalue weighted by molar-refractivity contribution is -0.109. The maximum Gasteiger partial charge on any atom is 0.219 e. The summed E-state index contributed by atoms with van der Waals surface area (Å²) in [6.07, 6.45) is 5.65. The highest BCUT2D eigenvalue weighted by Gasteiger charge is 2.42. The van der Waals surface area contributed by atoms with E-state index in [9.17, 15) is 14.7 Å². The average Bonchev–Trinajstić information content (AvgIpc) is 3.74. The van der Waals surface area contributed by atoms with Crippen molar-refractivity contribution >= 4 is 41.8 Å². The minimum Gasteiger partial charge on any atom is -0.507 e. The van der Waals surface area contributed by atoms with Gasteiger partial charge in [-0.1, -0.05) is 48.9 Å². The van der Waals surface area contributed by atoms with E-state index in [1.165, 1.54) is 23.1 Å². The topological polar surface area (TPSA) is 98.1 Å². The van der Waals surface area contributed by atoms with Gasteiger partial charge in [-0.15, -0.1) is 6.58 Å². The second-order valence-corrected chi connectivity index (χ2v) is 11.0. The van der Waals surface area contributed by atoms with Crippen molar-refractivity contribution in [3.05, 3.63) is 83.2 Å². The first-order valence-corrected chi connectivity index (χ1v) is 14.1. The van der Waals surface area contributed by atoms with Crippen LogP contribution in [0.1, 0.15) is 44.2 Å². The van der Waals surface area contributed by atoms with Crippen molar-refractivity contribution in [3.8, 4) is 17.0 Å². The molecule has 0 bridgehead atoms. The molecule has 1 heterocycles. The second-order valence-electron chi connectivity index (χ2n) is 10.6. The molecule has 1 aliphatic rings. The number of aliphatic imine (C=N–C) groups is 1. The third-order valence-electron chi connectivity index (χ3n) is 7.66. The number of rotatable bonds is 13. The Morgan fingerprint density at radius 3 is 2.62 bits per heavy atom. The summed E-state index contributed by atoms with van der Waals surface area (Å²) >= 11 is 6.77. The Balaban J connectivity index is 2.00. The molecule has 10 heteroatoms. The van der Waals surface area contributed by atoms with Crippen LogP contribution in [-0.2, 0) is 15.0 Å². The maximum atomic E-state index is 15.1. The third-order valence-corrected chi connectivity index (χ3v) is 7.95. The fraction of sp³-hybridized carbons (Fsp3) is 0.312. The van der Waals surface area contributed by atoms with Crippen LogP contribution in [0.2, 0.25) is 5.02 Å². The van der Waals surface area contributed by atoms with Crippen LogP contribution < -0.4 is 10.2 Å². The van der Waals surface area contributed by atoms with Crippen LogP contribution in [0.25, 0.3) is 11.3 Å². The minimum absolute atomic E-state index is 0.0169. The summed E-state index contributed by atoms with van der Waals surface area (Å²) in [5, 5.41) is 13.4. The van der Waals surface area contributed by atoms with Crippen LogP contribution in [0.15, 0.2) is 66.2 Å². The predicted octanol–water partition coefficient (Wildman–Crippen LogP) is 5.98. The lowest BCUT2D eigenvalue weighted by atomic mass is 9.95. The van der Waals surface area contributed by atoms with Crippen molar-refractivity contribution in [3.63, 3.8) is 0 Å². The third kappa shape index (κ3) is 6.16. The SMILES string of the molecule is C=CCCN(C(=NC)c1cc(Cl)c(-c2c(O)cccc2F)nc1N(C=O)c1ccccc1C1(C)CC1)C(C)CNC=O. The molecule has 4 rings (SSSR count). The summed E-state index contributed by atoms with van der Waals surface area (Å²) in [6.45, 7) is 8.75. The average molecular weight is 592 g/mol. The summed E-state index contributed by atoms with van der Waals surface area (Å²) in [5.74, 6) is -0.411. The predicted molar refractivity (Wildman–Crippen MR) is 165 cm³/mol. The summed E-state index contributed by atoms with van der Waals surface area (Å²) in [4.78, 5) is 36.8. The molecular weight excluding hydrogens is 557 g/mol. The molecule has 2 amide bonds. The smallest absolute Gasteiger partial charge is 0.219 e. The lowest BCUT2D eigenvalue weighted by Crippen LogP contribution is -2.45. The molecular formula is C32H35ClFN5O3. The number of pyridine rings is 1. The van der Waals surface area contributed by atoms with E-state index >= 15 is 4.39 Å². The summed E-state index contributed by atoms with van der Waals surface area (Å²) < 4.78 is 15.1. The first kappa shape index (κ1) is 30.7. The van der Waals surface area contributed by atoms with Gasteiger partial charge in [0.05, 0.1) is 27.5 Å². The number of amidine groups is 1. The summed E-state index contributed by atoms with van der Waals surface area (Å²) in [5.41, 5.74) is 1.76. The molecule has 1 atom stereocenters. The molecule has 42 heavy (non-hydrogen) atoms. The number of carbonyl (C=O) groups is 2. The zero-order valence-electron chi connectivity index (χ0n) is 24.0. The summed E-state index contributed by atoms with van der Waals surface area (Å²) in [7, 11) is 1.62. The van der Waals surface area contributed by atoms with Gasteiger partial charge in [-0.3, -0.25) is 19.5 Å². The zero-order chi connectivity index (χ0) is 30.4. The van der Waals surface area contributed by atoms with E-state index < -0.39 is 5.82 Å². The van der Waals surface area contributed by atoms with Crippen molar-refractivity contribution in [2.45, 2.75) is 44.6 Å². The Morgan fingerprint density at radius 1 is 1.26 bits per heavy atom. The minimum atomic E-state index is -0.711. The standard InChI is InChI=1S/C32H35ClFN5O3/c1-5-6-16-38(21(2)18-36-19-40)30(35-4)22-17-24(33)29(28-25(34)11-9-13-27(28)42)37-31(22)39(20-41)26-12-8-7-10-23(26)32(3)14-15-32/h5,7-13,17,19-21,42H,1,6,14-16,18H2,2-4H3,(H,36,40). The van der Waals surface area contributed by atoms with Gasteiger partial charge < -0.3 is 15.3 Å². The summed E-state index contributed by atoms with van der Waals surface area (Å²) in [6, 6.07) is 12.9. The monoisotopic (exact) mass is 591 g/mol. The van der Waals surface area contributed by atoms with Crippen LogP contribution in [0.5, 0.6) is 5.75 Å². The zero-order valence-corrected chi connectivity index (χ0v) is 24.7. The molecule has 0 radical (unpaired) electrons. The van der Waals surface area contributed by atoms with Crippen LogP contribution in [0.3, 0.4) is 0 Å². The molecule has 1 fully saturated rings. The van der Waals surface area contributed by atoms with E-state index in [2.05, 4.69) is 23.8 Å². The molecule has 1 aromatic heterocycles. The molecule has 0 saturated heterocycles. The van der Waals surface area contributed by atoms with Crippen molar-refractivity contribution in [1.29, 1.82) is 0 Å². The fourth-order valence-corrected chi connectivity index (χ4v) is 5.37. The van der Waals surface area contributed by atoms with Crippen molar-refractivity contribution in [1.82, 2.24) is 15.2 Å². The number of nitrogens with zero attached hydrogens (tertiary/aromatic N) is 4. The van der Waals surface area contributed by atoms with Gasteiger partial charge in [-0.2, -0.15) is 0 Å². The molecule has 1 saturated carbocycles. The van der Waals surface area contributed by atoms with Crippen LogP contribution in [0, 0.1) is 5.82 Å². The van der Waals surface area contributed by atoms with Gasteiger partial charge in [0.25, 0.3) is 0 Å². The number of nitrogens with one attached hydrogen (secondary N) is 1. The molecule has 0 aliphatic heterocycles. The van der Waals surface area contributed by atoms with E-state index in [1.807, 2.05) is 36.1 Å². The molecule has 0 spiro atoms. The number of hydrogen-bond acceptors (Lipinski definition) is 5. The largest absolute Gasteiger partial charge is 0.507 e. The van der Waals surface area contributed by atoms with E-state index in [-0.39, 0.29) is 39.3 Å². The highest BCUT2D eigenvalue weighted by atomic mass is 35.5. The Bertz CT molecular complexity index is 1490. The molecule has 8 nitrogen and oxygen atoms in total. The number of hydrogen-bond donors (Lipinski definition) is 2. The molecule has 1 aliphatic carbocycles. The Hall–Kier alpha value is -4.24. The Labute approximate surface area is 250 Å². The first-order chi connectivity index (χ1) is 20.2. The molecule has 3 aromatic rings. The second kappa shape index (κ2) is 13.2. The number of para-hydroxylation sites is 1. The van der Waals surface area contributed by atoms with Gasteiger partial charge in [0.2, 0.25) is 12.8 Å². The number of carbonyl (C=O) groups excluding carboxylic acids is 2. The number of amides is 2. The van der Waals surface area contributed by atoms with Gasteiger partial charge in [0.15, 0.2) is 5.82 Å². The number of benzene rings is 2. The van der Waals surface area contributed by atoms with Crippen LogP contribution in [-0.4, -0.2) is 59.8 Å². The van der Waals surface area contributed by atoms with Gasteiger partial charge in [0.1, 0.15) is 17.4 Å². The number of aromatic nitrogens is 1. The van der Waals surface area contributed by atoms with Crippen molar-refractivity contribution < 1.29 is 19.1 Å². The number of anilines is 2. The normalized spacial score (nSPS) is 14.5.